The molecule has 1 aromatic heterocycles. The van der Waals surface area contributed by atoms with Crippen LogP contribution in [0.2, 0.25) is 4.34 Å². The summed E-state index contributed by atoms with van der Waals surface area (Å²) in [5.74, 6) is 2.44. The molecule has 0 bridgehead atoms. The Hall–Kier alpha value is -0.630. The van der Waals surface area contributed by atoms with Crippen LogP contribution < -0.4 is 0 Å². The van der Waals surface area contributed by atoms with Crippen molar-refractivity contribution in [1.29, 1.82) is 0 Å². The Morgan fingerprint density at radius 3 is 3.08 bits per heavy atom. The Kier molecular flexibility index (Phi) is 3.48. The Labute approximate surface area is 79.9 Å². The number of hydrogen-bond acceptors (Lipinski definition) is 4. The van der Waals surface area contributed by atoms with Crippen molar-refractivity contribution in [2.24, 2.45) is 0 Å². The van der Waals surface area contributed by atoms with Crippen LogP contribution in [-0.4, -0.2) is 15.7 Å². The summed E-state index contributed by atoms with van der Waals surface area (Å²) in [6.45, 7) is 2.11. The third-order valence-electron chi connectivity index (χ3n) is 1.21. The zero-order chi connectivity index (χ0) is 8.97. The van der Waals surface area contributed by atoms with Crippen molar-refractivity contribution in [3.05, 3.63) is 10.0 Å². The summed E-state index contributed by atoms with van der Waals surface area (Å²) in [5, 5.41) is 3.77. The normalized spacial score (nSPS) is 12.4. The molecule has 0 amide bonds. The zero-order valence-corrected chi connectivity index (χ0v) is 8.02. The second-order valence-corrected chi connectivity index (χ2v) is 3.47. The van der Waals surface area contributed by atoms with Gasteiger partial charge in [-0.2, -0.15) is 0 Å². The molecule has 5 heteroatoms. The minimum absolute atomic E-state index is 0.220. The van der Waals surface area contributed by atoms with E-state index in [2.05, 4.69) is 15.5 Å². The number of rotatable bonds is 3. The van der Waals surface area contributed by atoms with E-state index in [1.54, 1.807) is 6.92 Å². The largest absolute Gasteiger partial charge is 0.359 e. The second-order valence-electron chi connectivity index (χ2n) is 2.11. The third-order valence-corrected chi connectivity index (χ3v) is 2.20. The number of hydrogen-bond donors (Lipinski definition) is 0. The van der Waals surface area contributed by atoms with Gasteiger partial charge in [0.05, 0.1) is 6.61 Å². The highest BCUT2D eigenvalue weighted by molar-refractivity contribution is 7.10. The van der Waals surface area contributed by atoms with E-state index in [0.717, 1.165) is 11.5 Å². The fourth-order valence-electron chi connectivity index (χ4n) is 0.535. The molecule has 0 radical (unpaired) electrons. The molecule has 0 aliphatic heterocycles. The van der Waals surface area contributed by atoms with Crippen LogP contribution in [0.1, 0.15) is 12.6 Å². The molecular formula is C7H7ClN2OS. The van der Waals surface area contributed by atoms with E-state index in [4.69, 9.17) is 22.8 Å². The first-order valence-corrected chi connectivity index (χ1v) is 4.43. The van der Waals surface area contributed by atoms with E-state index in [0.29, 0.717) is 16.6 Å². The minimum Gasteiger partial charge on any atom is -0.359 e. The lowest BCUT2D eigenvalue weighted by Gasteiger charge is -2.03. The number of ether oxygens (including phenoxy) is 1. The zero-order valence-electron chi connectivity index (χ0n) is 6.45. The first kappa shape index (κ1) is 9.46. The van der Waals surface area contributed by atoms with E-state index >= 15 is 0 Å². The summed E-state index contributed by atoms with van der Waals surface area (Å²) in [4.78, 5) is 0. The molecule has 1 rings (SSSR count). The average Bonchev–Trinajstić information content (AvgIpc) is 2.47. The van der Waals surface area contributed by atoms with Gasteiger partial charge in [-0.15, -0.1) is 11.5 Å². The first-order chi connectivity index (χ1) is 5.74. The molecule has 0 saturated carbocycles. The molecule has 3 nitrogen and oxygen atoms in total. The molecule has 0 aliphatic carbocycles. The summed E-state index contributed by atoms with van der Waals surface area (Å²) in [6, 6.07) is 0. The second kappa shape index (κ2) is 4.41. The Morgan fingerprint density at radius 2 is 2.58 bits per heavy atom. The van der Waals surface area contributed by atoms with Gasteiger partial charge in [-0.1, -0.05) is 22.0 Å². The van der Waals surface area contributed by atoms with Crippen molar-refractivity contribution in [3.8, 4) is 12.3 Å². The Morgan fingerprint density at radius 1 is 1.83 bits per heavy atom. The molecule has 1 heterocycles. The van der Waals surface area contributed by atoms with Crippen LogP contribution in [0.4, 0.5) is 0 Å². The predicted octanol–water partition coefficient (Wildman–Crippen LogP) is 1.73. The fourth-order valence-corrected chi connectivity index (χ4v) is 1.14. The quantitative estimate of drug-likeness (QED) is 0.701. The predicted molar refractivity (Wildman–Crippen MR) is 48.0 cm³/mol. The third kappa shape index (κ3) is 2.45. The number of nitrogens with zero attached hydrogens (tertiary/aromatic N) is 2. The van der Waals surface area contributed by atoms with Crippen LogP contribution in [0.25, 0.3) is 0 Å². The van der Waals surface area contributed by atoms with Gasteiger partial charge in [-0.25, -0.2) is 0 Å². The van der Waals surface area contributed by atoms with Gasteiger partial charge in [-0.3, -0.25) is 0 Å². The van der Waals surface area contributed by atoms with Crippen molar-refractivity contribution < 1.29 is 4.74 Å². The van der Waals surface area contributed by atoms with Crippen LogP contribution in [0.3, 0.4) is 0 Å². The molecule has 1 unspecified atom stereocenters. The first-order valence-electron chi connectivity index (χ1n) is 3.28. The van der Waals surface area contributed by atoms with Gasteiger partial charge < -0.3 is 4.74 Å². The summed E-state index contributed by atoms with van der Waals surface area (Å²) in [7, 11) is 0. The van der Waals surface area contributed by atoms with Crippen LogP contribution in [0.15, 0.2) is 0 Å². The number of terminal acetylenes is 1. The maximum Gasteiger partial charge on any atom is 0.139 e. The topological polar surface area (TPSA) is 35.0 Å². The van der Waals surface area contributed by atoms with E-state index < -0.39 is 0 Å². The average molecular weight is 203 g/mol. The standard InChI is InChI=1S/C7H7ClN2OS/c1-3-5(2)11-4-6-7(8)12-10-9-6/h1,5H,4H2,2H3. The Balaban J connectivity index is 2.44. The highest BCUT2D eigenvalue weighted by atomic mass is 35.5. The van der Waals surface area contributed by atoms with Gasteiger partial charge in [0, 0.05) is 11.5 Å². The molecule has 12 heavy (non-hydrogen) atoms. The molecule has 0 fully saturated rings. The lowest BCUT2D eigenvalue weighted by Crippen LogP contribution is -2.04. The fraction of sp³-hybridized carbons (Fsp3) is 0.429. The maximum atomic E-state index is 5.73. The minimum atomic E-state index is -0.220. The molecule has 0 N–H and O–H groups in total. The molecule has 1 atom stereocenters. The summed E-state index contributed by atoms with van der Waals surface area (Å²) in [5.41, 5.74) is 0.642. The van der Waals surface area contributed by atoms with Crippen LogP contribution >= 0.6 is 23.1 Å². The highest BCUT2D eigenvalue weighted by Crippen LogP contribution is 2.17. The van der Waals surface area contributed by atoms with E-state index in [1.165, 1.54) is 0 Å². The highest BCUT2D eigenvalue weighted by Gasteiger charge is 2.06. The maximum absolute atomic E-state index is 5.73. The summed E-state index contributed by atoms with van der Waals surface area (Å²) < 4.78 is 9.41. The van der Waals surface area contributed by atoms with Crippen molar-refractivity contribution in [1.82, 2.24) is 9.59 Å². The van der Waals surface area contributed by atoms with E-state index in [9.17, 15) is 0 Å². The number of halogens is 1. The summed E-state index contributed by atoms with van der Waals surface area (Å²) >= 11 is 6.86. The van der Waals surface area contributed by atoms with Crippen LogP contribution in [0.5, 0.6) is 0 Å². The van der Waals surface area contributed by atoms with Crippen molar-refractivity contribution >= 4 is 23.1 Å². The van der Waals surface area contributed by atoms with Gasteiger partial charge in [0.1, 0.15) is 16.1 Å². The Bertz CT molecular complexity index is 294. The smallest absolute Gasteiger partial charge is 0.139 e. The molecule has 0 aliphatic rings. The van der Waals surface area contributed by atoms with Gasteiger partial charge in [0.2, 0.25) is 0 Å². The SMILES string of the molecule is C#CC(C)OCc1nnsc1Cl. The van der Waals surface area contributed by atoms with Crippen molar-refractivity contribution in [2.45, 2.75) is 19.6 Å². The van der Waals surface area contributed by atoms with Gasteiger partial charge in [0.15, 0.2) is 0 Å². The van der Waals surface area contributed by atoms with Gasteiger partial charge in [0.25, 0.3) is 0 Å². The van der Waals surface area contributed by atoms with Crippen LogP contribution in [0, 0.1) is 12.3 Å². The van der Waals surface area contributed by atoms with Crippen LogP contribution in [-0.2, 0) is 11.3 Å². The van der Waals surface area contributed by atoms with Gasteiger partial charge >= 0.3 is 0 Å². The van der Waals surface area contributed by atoms with Gasteiger partial charge in [-0.05, 0) is 6.92 Å². The van der Waals surface area contributed by atoms with Crippen molar-refractivity contribution in [2.75, 3.05) is 0 Å². The molecular weight excluding hydrogens is 196 g/mol. The van der Waals surface area contributed by atoms with E-state index in [-0.39, 0.29) is 6.10 Å². The van der Waals surface area contributed by atoms with Crippen molar-refractivity contribution in [3.63, 3.8) is 0 Å². The molecule has 0 aromatic carbocycles. The number of aromatic nitrogens is 2. The monoisotopic (exact) mass is 202 g/mol. The lowest BCUT2D eigenvalue weighted by atomic mass is 10.4. The summed E-state index contributed by atoms with van der Waals surface area (Å²) in [6.07, 6.45) is 4.89. The molecule has 0 saturated heterocycles. The molecule has 0 spiro atoms. The lowest BCUT2D eigenvalue weighted by molar-refractivity contribution is 0.0878. The molecule has 1 aromatic rings. The molecule has 64 valence electrons. The van der Waals surface area contributed by atoms with E-state index in [1.807, 2.05) is 0 Å².